The largest absolute Gasteiger partial charge is 0.338 e. The minimum absolute atomic E-state index is 0.204. The van der Waals surface area contributed by atoms with Gasteiger partial charge in [-0.1, -0.05) is 56.3 Å². The van der Waals surface area contributed by atoms with Crippen molar-refractivity contribution in [3.63, 3.8) is 0 Å². The summed E-state index contributed by atoms with van der Waals surface area (Å²) in [5.74, 6) is 1.61. The van der Waals surface area contributed by atoms with E-state index in [2.05, 4.69) is 24.9 Å². The number of fused-ring (bicyclic) bond motifs is 1. The van der Waals surface area contributed by atoms with Crippen molar-refractivity contribution >= 4 is 5.91 Å². The van der Waals surface area contributed by atoms with Gasteiger partial charge in [0, 0.05) is 31.2 Å². The Morgan fingerprint density at radius 3 is 2.53 bits per heavy atom. The van der Waals surface area contributed by atoms with Crippen molar-refractivity contribution in [2.24, 2.45) is 5.41 Å². The molecule has 2 aromatic heterocycles. The first-order valence-corrected chi connectivity index (χ1v) is 11.3. The molecule has 1 N–H and O–H groups in total. The highest BCUT2D eigenvalue weighted by Gasteiger charge is 2.37. The van der Waals surface area contributed by atoms with Gasteiger partial charge in [-0.15, -0.1) is 0 Å². The minimum atomic E-state index is -0.420. The quantitative estimate of drug-likeness (QED) is 0.658. The van der Waals surface area contributed by atoms with Gasteiger partial charge in [-0.05, 0) is 25.2 Å². The number of rotatable bonds is 5. The number of imidazole rings is 1. The second-order valence-corrected chi connectivity index (χ2v) is 9.90. The second kappa shape index (κ2) is 7.85. The predicted octanol–water partition coefficient (Wildman–Crippen LogP) is 3.74. The maximum absolute atomic E-state index is 13.6. The molecule has 8 nitrogen and oxygen atoms in total. The summed E-state index contributed by atoms with van der Waals surface area (Å²) >= 11 is 0. The van der Waals surface area contributed by atoms with Crippen LogP contribution in [-0.4, -0.2) is 43.1 Å². The Kier molecular flexibility index (Phi) is 5.12. The summed E-state index contributed by atoms with van der Waals surface area (Å²) in [6.45, 7) is 10.5. The van der Waals surface area contributed by atoms with Crippen molar-refractivity contribution in [2.45, 2.75) is 65.7 Å². The van der Waals surface area contributed by atoms with Crippen LogP contribution in [0.3, 0.4) is 0 Å². The first-order valence-electron chi connectivity index (χ1n) is 11.3. The Morgan fingerprint density at radius 2 is 1.91 bits per heavy atom. The molecule has 1 atom stereocenters. The summed E-state index contributed by atoms with van der Waals surface area (Å²) in [6.07, 6.45) is 2.48. The van der Waals surface area contributed by atoms with Crippen LogP contribution in [0.15, 0.2) is 34.9 Å². The van der Waals surface area contributed by atoms with E-state index in [9.17, 15) is 4.79 Å². The van der Waals surface area contributed by atoms with Crippen LogP contribution in [0.5, 0.6) is 0 Å². The number of hydrogen-bond acceptors (Lipinski definition) is 6. The number of nitrogens with one attached hydrogen (secondary N) is 1. The Bertz CT molecular complexity index is 1120. The molecule has 5 rings (SSSR count). The summed E-state index contributed by atoms with van der Waals surface area (Å²) in [5.41, 5.74) is 2.18. The van der Waals surface area contributed by atoms with Gasteiger partial charge in [0.05, 0.1) is 5.69 Å². The predicted molar refractivity (Wildman–Crippen MR) is 120 cm³/mol. The van der Waals surface area contributed by atoms with Gasteiger partial charge in [-0.3, -0.25) is 9.69 Å². The highest BCUT2D eigenvalue weighted by molar-refractivity contribution is 5.94. The first-order chi connectivity index (χ1) is 15.3. The molecule has 32 heavy (non-hydrogen) atoms. The molecule has 1 aromatic carbocycles. The van der Waals surface area contributed by atoms with E-state index in [0.717, 1.165) is 36.7 Å². The van der Waals surface area contributed by atoms with E-state index in [4.69, 9.17) is 9.51 Å². The molecular formula is C24H30N6O2. The molecule has 0 spiro atoms. The topological polar surface area (TPSA) is 89.1 Å². The molecule has 1 fully saturated rings. The second-order valence-electron chi connectivity index (χ2n) is 9.90. The standard InChI is InChI=1S/C24H30N6O2/c1-15-25-23(32-28-15)20(24(2,3)4)27-22(31)19-18-14-29(17-10-11-17)12-13-30(18)21(26-19)16-8-6-5-7-9-16/h5-9,17,20H,10-14H2,1-4H3,(H,27,31)/t20-/m1/s1. The highest BCUT2D eigenvalue weighted by Crippen LogP contribution is 2.35. The number of nitrogens with zero attached hydrogens (tertiary/aromatic N) is 5. The van der Waals surface area contributed by atoms with E-state index >= 15 is 0 Å². The summed E-state index contributed by atoms with van der Waals surface area (Å²) in [6, 6.07) is 10.3. The third-order valence-corrected chi connectivity index (χ3v) is 6.28. The van der Waals surface area contributed by atoms with E-state index in [-0.39, 0.29) is 11.3 Å². The first kappa shape index (κ1) is 20.9. The normalized spacial score (nSPS) is 17.8. The van der Waals surface area contributed by atoms with Gasteiger partial charge in [0.1, 0.15) is 11.9 Å². The number of carbonyl (C=O) groups is 1. The van der Waals surface area contributed by atoms with Crippen LogP contribution < -0.4 is 5.32 Å². The van der Waals surface area contributed by atoms with E-state index in [1.165, 1.54) is 12.8 Å². The molecule has 3 aromatic rings. The molecule has 8 heteroatoms. The van der Waals surface area contributed by atoms with Crippen molar-refractivity contribution in [3.8, 4) is 11.4 Å². The van der Waals surface area contributed by atoms with Crippen LogP contribution in [0.2, 0.25) is 0 Å². The van der Waals surface area contributed by atoms with Crippen LogP contribution in [-0.2, 0) is 13.1 Å². The Labute approximate surface area is 188 Å². The van der Waals surface area contributed by atoms with Crippen LogP contribution in [0, 0.1) is 12.3 Å². The third-order valence-electron chi connectivity index (χ3n) is 6.28. The molecule has 1 aliphatic carbocycles. The fraction of sp³-hybridized carbons (Fsp3) is 0.500. The van der Waals surface area contributed by atoms with Crippen molar-refractivity contribution in [2.75, 3.05) is 6.54 Å². The van der Waals surface area contributed by atoms with Crippen LogP contribution in [0.4, 0.5) is 0 Å². The lowest BCUT2D eigenvalue weighted by atomic mass is 9.86. The number of carbonyl (C=O) groups excluding carboxylic acids is 1. The van der Waals surface area contributed by atoms with Crippen molar-refractivity contribution in [3.05, 3.63) is 53.4 Å². The summed E-state index contributed by atoms with van der Waals surface area (Å²) < 4.78 is 7.64. The lowest BCUT2D eigenvalue weighted by Crippen LogP contribution is -2.39. The number of hydrogen-bond donors (Lipinski definition) is 1. The Morgan fingerprint density at radius 1 is 1.16 bits per heavy atom. The van der Waals surface area contributed by atoms with Gasteiger partial charge in [-0.2, -0.15) is 4.98 Å². The van der Waals surface area contributed by atoms with Crippen LogP contribution >= 0.6 is 0 Å². The maximum atomic E-state index is 13.6. The summed E-state index contributed by atoms with van der Waals surface area (Å²) in [7, 11) is 0. The fourth-order valence-electron chi connectivity index (χ4n) is 4.41. The molecule has 0 saturated heterocycles. The van der Waals surface area contributed by atoms with Crippen molar-refractivity contribution in [1.29, 1.82) is 0 Å². The smallest absolute Gasteiger partial charge is 0.272 e. The molecule has 1 aliphatic heterocycles. The van der Waals surface area contributed by atoms with Crippen molar-refractivity contribution < 1.29 is 9.32 Å². The summed E-state index contributed by atoms with van der Waals surface area (Å²) in [4.78, 5) is 25.3. The van der Waals surface area contributed by atoms with Gasteiger partial charge in [0.15, 0.2) is 11.5 Å². The third kappa shape index (κ3) is 3.95. The molecular weight excluding hydrogens is 404 g/mol. The molecule has 3 heterocycles. The molecule has 0 radical (unpaired) electrons. The average Bonchev–Trinajstić information content (AvgIpc) is 3.42. The van der Waals surface area contributed by atoms with E-state index in [1.807, 2.05) is 51.1 Å². The van der Waals surface area contributed by atoms with Gasteiger partial charge in [0.25, 0.3) is 5.91 Å². The fourth-order valence-corrected chi connectivity index (χ4v) is 4.41. The van der Waals surface area contributed by atoms with Gasteiger partial charge in [-0.25, -0.2) is 4.98 Å². The van der Waals surface area contributed by atoms with E-state index in [0.29, 0.717) is 23.5 Å². The van der Waals surface area contributed by atoms with Crippen LogP contribution in [0.1, 0.15) is 67.6 Å². The number of aromatic nitrogens is 4. The maximum Gasteiger partial charge on any atom is 0.272 e. The molecule has 0 bridgehead atoms. The zero-order valence-corrected chi connectivity index (χ0v) is 19.1. The number of aryl methyl sites for hydroxylation is 1. The monoisotopic (exact) mass is 434 g/mol. The number of amides is 1. The Balaban J connectivity index is 1.51. The zero-order valence-electron chi connectivity index (χ0n) is 19.1. The van der Waals surface area contributed by atoms with E-state index < -0.39 is 6.04 Å². The summed E-state index contributed by atoms with van der Waals surface area (Å²) in [5, 5.41) is 7.07. The molecule has 168 valence electrons. The molecule has 0 unspecified atom stereocenters. The minimum Gasteiger partial charge on any atom is -0.338 e. The molecule has 1 saturated carbocycles. The highest BCUT2D eigenvalue weighted by atomic mass is 16.5. The van der Waals surface area contributed by atoms with Crippen LogP contribution in [0.25, 0.3) is 11.4 Å². The molecule has 1 amide bonds. The van der Waals surface area contributed by atoms with E-state index in [1.54, 1.807) is 6.92 Å². The number of benzene rings is 1. The lowest BCUT2D eigenvalue weighted by molar-refractivity contribution is 0.0872. The van der Waals surface area contributed by atoms with Crippen molar-refractivity contribution in [1.82, 2.24) is 29.9 Å². The van der Waals surface area contributed by atoms with Gasteiger partial charge < -0.3 is 14.4 Å². The zero-order chi connectivity index (χ0) is 22.5. The Hall–Kier alpha value is -3.00. The van der Waals surface area contributed by atoms with Gasteiger partial charge in [0.2, 0.25) is 5.89 Å². The SMILES string of the molecule is Cc1noc([C@@H](NC(=O)c2nc(-c3ccccc3)n3c2CN(C2CC2)CC3)C(C)(C)C)n1. The molecule has 2 aliphatic rings. The lowest BCUT2D eigenvalue weighted by Gasteiger charge is -2.30. The average molecular weight is 435 g/mol. The van der Waals surface area contributed by atoms with Gasteiger partial charge >= 0.3 is 0 Å².